The molecular weight excluding hydrogens is 438 g/mol. The molecule has 0 saturated carbocycles. The van der Waals surface area contributed by atoms with E-state index in [1.807, 2.05) is 19.1 Å². The van der Waals surface area contributed by atoms with E-state index >= 15 is 0 Å². The number of amides is 1. The lowest BCUT2D eigenvalue weighted by molar-refractivity contribution is -0.135. The van der Waals surface area contributed by atoms with Gasteiger partial charge in [-0.2, -0.15) is 0 Å². The minimum atomic E-state index is -3.01. The van der Waals surface area contributed by atoms with Crippen LogP contribution in [-0.2, 0) is 14.6 Å². The van der Waals surface area contributed by atoms with E-state index in [1.54, 1.807) is 11.0 Å². The molecule has 1 aliphatic rings. The highest BCUT2D eigenvalue weighted by Crippen LogP contribution is 2.28. The quantitative estimate of drug-likeness (QED) is 0.685. The average molecular weight is 455 g/mol. The Bertz CT molecular complexity index is 663. The molecule has 0 unspecified atom stereocenters. The van der Waals surface area contributed by atoms with Gasteiger partial charge < -0.3 is 9.64 Å². The van der Waals surface area contributed by atoms with E-state index in [1.165, 1.54) is 0 Å². The summed E-state index contributed by atoms with van der Waals surface area (Å²) in [6, 6.07) is 5.18. The van der Waals surface area contributed by atoms with Gasteiger partial charge in [0.1, 0.15) is 5.75 Å². The number of benzene rings is 1. The molecule has 122 valence electrons. The number of carbonyl (C=O) groups is 1. The largest absolute Gasteiger partial charge is 0.483 e. The summed E-state index contributed by atoms with van der Waals surface area (Å²) in [6.45, 7) is 2.22. The van der Waals surface area contributed by atoms with E-state index in [0.717, 1.165) is 8.95 Å². The second-order valence-electron chi connectivity index (χ2n) is 5.10. The zero-order chi connectivity index (χ0) is 16.3. The van der Waals surface area contributed by atoms with Crippen LogP contribution in [0.2, 0.25) is 0 Å². The topological polar surface area (TPSA) is 63.7 Å². The van der Waals surface area contributed by atoms with Gasteiger partial charge in [-0.1, -0.05) is 15.9 Å². The standard InChI is InChI=1S/C14H17Br2NO4S/c1-2-17(11-5-6-22(19,20)9-11)14(18)8-21-13-4-3-10(15)7-12(13)16/h3-4,7,11H,2,5-6,8-9H2,1H3/t11-/m1/s1. The van der Waals surface area contributed by atoms with Crippen molar-refractivity contribution in [3.05, 3.63) is 27.1 Å². The highest BCUT2D eigenvalue weighted by atomic mass is 79.9. The number of rotatable bonds is 5. The summed E-state index contributed by atoms with van der Waals surface area (Å²) in [6.07, 6.45) is 0.504. The Balaban J connectivity index is 1.98. The second-order valence-corrected chi connectivity index (χ2v) is 9.10. The number of nitrogens with zero attached hydrogens (tertiary/aromatic N) is 1. The average Bonchev–Trinajstić information content (AvgIpc) is 2.78. The fraction of sp³-hybridized carbons (Fsp3) is 0.500. The van der Waals surface area contributed by atoms with Crippen LogP contribution in [0, 0.1) is 0 Å². The van der Waals surface area contributed by atoms with Crippen LogP contribution in [0.25, 0.3) is 0 Å². The number of sulfone groups is 1. The van der Waals surface area contributed by atoms with Gasteiger partial charge in [-0.05, 0) is 47.5 Å². The van der Waals surface area contributed by atoms with E-state index in [0.29, 0.717) is 18.7 Å². The molecule has 0 radical (unpaired) electrons. The maximum absolute atomic E-state index is 12.3. The van der Waals surface area contributed by atoms with Crippen molar-refractivity contribution in [2.75, 3.05) is 24.7 Å². The summed E-state index contributed by atoms with van der Waals surface area (Å²) >= 11 is 6.72. The number of halogens is 2. The smallest absolute Gasteiger partial charge is 0.260 e. The van der Waals surface area contributed by atoms with Crippen LogP contribution in [0.5, 0.6) is 5.75 Å². The van der Waals surface area contributed by atoms with Gasteiger partial charge in [0.25, 0.3) is 5.91 Å². The van der Waals surface area contributed by atoms with Gasteiger partial charge in [0.2, 0.25) is 0 Å². The van der Waals surface area contributed by atoms with Crippen molar-refractivity contribution in [1.29, 1.82) is 0 Å². The van der Waals surface area contributed by atoms with E-state index < -0.39 is 9.84 Å². The monoisotopic (exact) mass is 453 g/mol. The maximum atomic E-state index is 12.3. The van der Waals surface area contributed by atoms with E-state index in [-0.39, 0.29) is 30.1 Å². The molecule has 1 amide bonds. The minimum absolute atomic E-state index is 0.0502. The Morgan fingerprint density at radius 3 is 2.68 bits per heavy atom. The SMILES string of the molecule is CCN(C(=O)COc1ccc(Br)cc1Br)[C@@H]1CCS(=O)(=O)C1. The summed E-state index contributed by atoms with van der Waals surface area (Å²) in [4.78, 5) is 13.9. The van der Waals surface area contributed by atoms with Gasteiger partial charge in [-0.15, -0.1) is 0 Å². The van der Waals surface area contributed by atoms with Crippen molar-refractivity contribution in [2.45, 2.75) is 19.4 Å². The first kappa shape index (κ1) is 17.7. The number of hydrogen-bond acceptors (Lipinski definition) is 4. The lowest BCUT2D eigenvalue weighted by Gasteiger charge is -2.26. The minimum Gasteiger partial charge on any atom is -0.483 e. The van der Waals surface area contributed by atoms with Gasteiger partial charge in [0.15, 0.2) is 16.4 Å². The Hall–Kier alpha value is -0.600. The first-order chi connectivity index (χ1) is 10.3. The van der Waals surface area contributed by atoms with E-state index in [4.69, 9.17) is 4.74 Å². The zero-order valence-electron chi connectivity index (χ0n) is 12.1. The summed E-state index contributed by atoms with van der Waals surface area (Å²) < 4.78 is 30.3. The molecule has 1 aliphatic heterocycles. The second kappa shape index (κ2) is 7.31. The van der Waals surface area contributed by atoms with Gasteiger partial charge in [-0.25, -0.2) is 8.42 Å². The van der Waals surface area contributed by atoms with Crippen molar-refractivity contribution < 1.29 is 17.9 Å². The predicted octanol–water partition coefficient (Wildman–Crippen LogP) is 2.63. The Labute approximate surface area is 147 Å². The van der Waals surface area contributed by atoms with Crippen LogP contribution >= 0.6 is 31.9 Å². The highest BCUT2D eigenvalue weighted by molar-refractivity contribution is 9.11. The van der Waals surface area contributed by atoms with Crippen molar-refractivity contribution in [3.63, 3.8) is 0 Å². The first-order valence-corrected chi connectivity index (χ1v) is 10.3. The molecule has 1 aromatic carbocycles. The third kappa shape index (κ3) is 4.45. The van der Waals surface area contributed by atoms with Gasteiger partial charge in [-0.3, -0.25) is 4.79 Å². The van der Waals surface area contributed by atoms with Crippen molar-refractivity contribution in [3.8, 4) is 5.75 Å². The van der Waals surface area contributed by atoms with Gasteiger partial charge in [0, 0.05) is 17.1 Å². The lowest BCUT2D eigenvalue weighted by atomic mass is 10.2. The molecule has 1 aromatic rings. The number of carbonyl (C=O) groups excluding carboxylic acids is 1. The zero-order valence-corrected chi connectivity index (χ0v) is 16.1. The molecule has 0 aromatic heterocycles. The Kier molecular flexibility index (Phi) is 5.90. The summed E-state index contributed by atoms with van der Waals surface area (Å²) in [5.41, 5.74) is 0. The fourth-order valence-corrected chi connectivity index (χ4v) is 5.37. The number of likely N-dealkylation sites (N-methyl/N-ethyl adjacent to an activating group) is 1. The molecule has 1 heterocycles. The van der Waals surface area contributed by atoms with Gasteiger partial charge >= 0.3 is 0 Å². The van der Waals surface area contributed by atoms with Crippen LogP contribution in [0.3, 0.4) is 0 Å². The lowest BCUT2D eigenvalue weighted by Crippen LogP contribution is -2.43. The number of hydrogen-bond donors (Lipinski definition) is 0. The molecule has 1 fully saturated rings. The third-order valence-corrected chi connectivity index (χ3v) is 6.42. The Morgan fingerprint density at radius 2 is 2.14 bits per heavy atom. The van der Waals surface area contributed by atoms with Crippen LogP contribution in [-0.4, -0.2) is 49.9 Å². The normalized spacial score (nSPS) is 19.9. The molecule has 0 bridgehead atoms. The molecule has 1 atom stereocenters. The molecule has 0 spiro atoms. The van der Waals surface area contributed by atoms with Crippen molar-refractivity contribution in [1.82, 2.24) is 4.90 Å². The fourth-order valence-electron chi connectivity index (χ4n) is 2.47. The van der Waals surface area contributed by atoms with Crippen LogP contribution in [0.1, 0.15) is 13.3 Å². The Morgan fingerprint density at radius 1 is 1.41 bits per heavy atom. The molecule has 22 heavy (non-hydrogen) atoms. The third-order valence-electron chi connectivity index (χ3n) is 3.56. The molecule has 0 N–H and O–H groups in total. The van der Waals surface area contributed by atoms with Crippen LogP contribution < -0.4 is 4.74 Å². The molecule has 2 rings (SSSR count). The summed E-state index contributed by atoms with van der Waals surface area (Å²) in [5.74, 6) is 0.584. The molecule has 1 saturated heterocycles. The van der Waals surface area contributed by atoms with E-state index in [9.17, 15) is 13.2 Å². The van der Waals surface area contributed by atoms with Crippen molar-refractivity contribution >= 4 is 47.6 Å². The predicted molar refractivity (Wildman–Crippen MR) is 91.8 cm³/mol. The van der Waals surface area contributed by atoms with Gasteiger partial charge in [0.05, 0.1) is 16.0 Å². The van der Waals surface area contributed by atoms with Crippen LogP contribution in [0.15, 0.2) is 27.1 Å². The molecule has 0 aliphatic carbocycles. The van der Waals surface area contributed by atoms with E-state index in [2.05, 4.69) is 31.9 Å². The number of ether oxygens (including phenoxy) is 1. The first-order valence-electron chi connectivity index (χ1n) is 6.90. The molecule has 5 nitrogen and oxygen atoms in total. The van der Waals surface area contributed by atoms with Crippen molar-refractivity contribution in [2.24, 2.45) is 0 Å². The summed E-state index contributed by atoms with van der Waals surface area (Å²) in [7, 11) is -3.01. The molecular formula is C14H17Br2NO4S. The van der Waals surface area contributed by atoms with Crippen LogP contribution in [0.4, 0.5) is 0 Å². The summed E-state index contributed by atoms with van der Waals surface area (Å²) in [5, 5.41) is 0. The highest BCUT2D eigenvalue weighted by Gasteiger charge is 2.33. The maximum Gasteiger partial charge on any atom is 0.260 e. The molecule has 8 heteroatoms.